The van der Waals surface area contributed by atoms with E-state index in [1.54, 1.807) is 30.5 Å². The number of carboxylic acids is 1. The molecule has 102 valence electrons. The summed E-state index contributed by atoms with van der Waals surface area (Å²) in [7, 11) is 0. The molecule has 6 heteroatoms. The monoisotopic (exact) mass is 279 g/mol. The zero-order chi connectivity index (χ0) is 15.0. The highest BCUT2D eigenvalue weighted by Crippen LogP contribution is 2.31. The Hall–Kier alpha value is -3.33. The van der Waals surface area contributed by atoms with E-state index < -0.39 is 5.97 Å². The van der Waals surface area contributed by atoms with Gasteiger partial charge >= 0.3 is 5.97 Å². The summed E-state index contributed by atoms with van der Waals surface area (Å²) in [5.74, 6) is -1.51. The van der Waals surface area contributed by atoms with Crippen molar-refractivity contribution in [2.45, 2.75) is 0 Å². The van der Waals surface area contributed by atoms with Crippen LogP contribution in [0.25, 0.3) is 16.6 Å². The number of aromatic hydroxyl groups is 1. The van der Waals surface area contributed by atoms with Gasteiger partial charge in [0.2, 0.25) is 0 Å². The lowest BCUT2D eigenvalue weighted by Gasteiger charge is -2.04. The molecule has 0 aliphatic carbocycles. The summed E-state index contributed by atoms with van der Waals surface area (Å²) in [5, 5.41) is 31.9. The standard InChI is InChI=1S/C15H9N3O3/c16-8-10-7-12(13-2-1-5-17-18(10)13)9-3-4-11(15(20)21)14(19)6-9/h1-7,19H,(H,20,21). The van der Waals surface area contributed by atoms with Gasteiger partial charge in [0.25, 0.3) is 0 Å². The molecular weight excluding hydrogens is 270 g/mol. The van der Waals surface area contributed by atoms with Gasteiger partial charge in [0.05, 0.1) is 5.52 Å². The molecule has 6 nitrogen and oxygen atoms in total. The molecule has 0 saturated carbocycles. The molecule has 3 rings (SSSR count). The Bertz CT molecular complexity index is 906. The molecule has 21 heavy (non-hydrogen) atoms. The molecule has 0 amide bonds. The maximum atomic E-state index is 10.9. The lowest BCUT2D eigenvalue weighted by Crippen LogP contribution is -1.96. The second-order valence-electron chi connectivity index (χ2n) is 4.41. The summed E-state index contributed by atoms with van der Waals surface area (Å²) in [6.45, 7) is 0. The molecule has 2 aromatic heterocycles. The van der Waals surface area contributed by atoms with Crippen molar-refractivity contribution in [3.8, 4) is 22.9 Å². The van der Waals surface area contributed by atoms with E-state index in [1.807, 2.05) is 6.07 Å². The summed E-state index contributed by atoms with van der Waals surface area (Å²) in [6.07, 6.45) is 1.57. The SMILES string of the molecule is N#Cc1cc(-c2ccc(C(=O)O)c(O)c2)c2cccnn12. The molecule has 0 radical (unpaired) electrons. The fourth-order valence-electron chi connectivity index (χ4n) is 2.23. The summed E-state index contributed by atoms with van der Waals surface area (Å²) in [6, 6.07) is 11.5. The third-order valence-electron chi connectivity index (χ3n) is 3.19. The lowest BCUT2D eigenvalue weighted by molar-refractivity contribution is 0.0694. The van der Waals surface area contributed by atoms with E-state index in [0.717, 1.165) is 0 Å². The Morgan fingerprint density at radius 3 is 2.76 bits per heavy atom. The van der Waals surface area contributed by atoms with Crippen LogP contribution >= 0.6 is 0 Å². The first kappa shape index (κ1) is 12.7. The predicted octanol–water partition coefficient (Wildman–Crippen LogP) is 2.28. The van der Waals surface area contributed by atoms with Gasteiger partial charge in [-0.15, -0.1) is 0 Å². The molecule has 0 atom stereocenters. The van der Waals surface area contributed by atoms with Gasteiger partial charge in [0.15, 0.2) is 0 Å². The largest absolute Gasteiger partial charge is 0.507 e. The summed E-state index contributed by atoms with van der Waals surface area (Å²) >= 11 is 0. The van der Waals surface area contributed by atoms with Gasteiger partial charge in [0.1, 0.15) is 23.1 Å². The van der Waals surface area contributed by atoms with Crippen LogP contribution in [0, 0.1) is 11.3 Å². The molecule has 3 aromatic rings. The molecule has 0 spiro atoms. The topological polar surface area (TPSA) is 98.6 Å². The number of aromatic carboxylic acids is 1. The Morgan fingerprint density at radius 1 is 1.29 bits per heavy atom. The smallest absolute Gasteiger partial charge is 0.339 e. The van der Waals surface area contributed by atoms with E-state index in [1.165, 1.54) is 16.6 Å². The Kier molecular flexibility index (Phi) is 2.81. The van der Waals surface area contributed by atoms with Crippen molar-refractivity contribution in [2.75, 3.05) is 0 Å². The molecule has 0 saturated heterocycles. The van der Waals surface area contributed by atoms with E-state index in [4.69, 9.17) is 10.4 Å². The first-order valence-electron chi connectivity index (χ1n) is 6.05. The van der Waals surface area contributed by atoms with E-state index in [-0.39, 0.29) is 11.3 Å². The molecule has 0 aliphatic heterocycles. The molecular formula is C15H9N3O3. The van der Waals surface area contributed by atoms with Gasteiger partial charge in [-0.3, -0.25) is 0 Å². The van der Waals surface area contributed by atoms with Crippen molar-refractivity contribution in [2.24, 2.45) is 0 Å². The van der Waals surface area contributed by atoms with Crippen molar-refractivity contribution < 1.29 is 15.0 Å². The number of fused-ring (bicyclic) bond motifs is 1. The molecule has 0 unspecified atom stereocenters. The highest BCUT2D eigenvalue weighted by molar-refractivity contribution is 5.93. The molecule has 0 bridgehead atoms. The first-order chi connectivity index (χ1) is 10.1. The Morgan fingerprint density at radius 2 is 2.10 bits per heavy atom. The maximum Gasteiger partial charge on any atom is 0.339 e. The number of hydrogen-bond acceptors (Lipinski definition) is 4. The number of hydrogen-bond donors (Lipinski definition) is 2. The molecule has 2 N–H and O–H groups in total. The van der Waals surface area contributed by atoms with E-state index in [9.17, 15) is 9.90 Å². The van der Waals surface area contributed by atoms with Crippen LogP contribution in [0.4, 0.5) is 0 Å². The average molecular weight is 279 g/mol. The number of nitriles is 1. The van der Waals surface area contributed by atoms with Gasteiger partial charge in [0, 0.05) is 11.8 Å². The number of nitrogens with zero attached hydrogens (tertiary/aromatic N) is 3. The molecule has 2 heterocycles. The van der Waals surface area contributed by atoms with Crippen LogP contribution < -0.4 is 0 Å². The number of carboxylic acid groups (broad SMARTS) is 1. The fourth-order valence-corrected chi connectivity index (χ4v) is 2.23. The number of rotatable bonds is 2. The van der Waals surface area contributed by atoms with E-state index >= 15 is 0 Å². The Labute approximate surface area is 119 Å². The van der Waals surface area contributed by atoms with E-state index in [2.05, 4.69) is 5.10 Å². The van der Waals surface area contributed by atoms with Gasteiger partial charge in [-0.05, 0) is 35.9 Å². The van der Waals surface area contributed by atoms with Crippen molar-refractivity contribution in [1.82, 2.24) is 9.61 Å². The number of phenols is 1. The van der Waals surface area contributed by atoms with Gasteiger partial charge in [-0.1, -0.05) is 6.07 Å². The second kappa shape index (κ2) is 4.65. The van der Waals surface area contributed by atoms with Gasteiger partial charge in [-0.2, -0.15) is 10.4 Å². The molecule has 0 aliphatic rings. The van der Waals surface area contributed by atoms with Crippen LogP contribution in [-0.2, 0) is 0 Å². The van der Waals surface area contributed by atoms with Crippen LogP contribution in [0.5, 0.6) is 5.75 Å². The quantitative estimate of drug-likeness (QED) is 0.749. The van der Waals surface area contributed by atoms with Gasteiger partial charge < -0.3 is 10.2 Å². The molecule has 1 aromatic carbocycles. The second-order valence-corrected chi connectivity index (χ2v) is 4.41. The normalized spacial score (nSPS) is 10.4. The number of carbonyl (C=O) groups is 1. The number of benzene rings is 1. The van der Waals surface area contributed by atoms with Crippen molar-refractivity contribution in [3.05, 3.63) is 53.9 Å². The summed E-state index contributed by atoms with van der Waals surface area (Å²) in [4.78, 5) is 10.9. The summed E-state index contributed by atoms with van der Waals surface area (Å²) in [5.41, 5.74) is 2.22. The minimum atomic E-state index is -1.19. The lowest BCUT2D eigenvalue weighted by atomic mass is 10.0. The zero-order valence-electron chi connectivity index (χ0n) is 10.7. The molecule has 0 fully saturated rings. The van der Waals surface area contributed by atoms with Crippen LogP contribution in [0.1, 0.15) is 16.1 Å². The van der Waals surface area contributed by atoms with Crippen molar-refractivity contribution in [3.63, 3.8) is 0 Å². The van der Waals surface area contributed by atoms with Crippen LogP contribution in [0.15, 0.2) is 42.6 Å². The predicted molar refractivity (Wildman–Crippen MR) is 74.0 cm³/mol. The van der Waals surface area contributed by atoms with Crippen molar-refractivity contribution in [1.29, 1.82) is 5.26 Å². The maximum absolute atomic E-state index is 10.9. The number of aromatic nitrogens is 2. The average Bonchev–Trinajstić information content (AvgIpc) is 2.85. The van der Waals surface area contributed by atoms with Gasteiger partial charge in [-0.25, -0.2) is 9.31 Å². The zero-order valence-corrected chi connectivity index (χ0v) is 10.7. The highest BCUT2D eigenvalue weighted by Gasteiger charge is 2.14. The van der Waals surface area contributed by atoms with Crippen LogP contribution in [0.2, 0.25) is 0 Å². The van der Waals surface area contributed by atoms with E-state index in [0.29, 0.717) is 22.3 Å². The third kappa shape index (κ3) is 1.97. The fraction of sp³-hybridized carbons (Fsp3) is 0. The van der Waals surface area contributed by atoms with Crippen LogP contribution in [-0.4, -0.2) is 25.8 Å². The minimum Gasteiger partial charge on any atom is -0.507 e. The summed E-state index contributed by atoms with van der Waals surface area (Å²) < 4.78 is 1.50. The first-order valence-corrected chi connectivity index (χ1v) is 6.05. The van der Waals surface area contributed by atoms with Crippen molar-refractivity contribution >= 4 is 11.5 Å². The minimum absolute atomic E-state index is 0.166. The van der Waals surface area contributed by atoms with Crippen LogP contribution in [0.3, 0.4) is 0 Å². The Balaban J connectivity index is 2.24. The third-order valence-corrected chi connectivity index (χ3v) is 3.19. The highest BCUT2D eigenvalue weighted by atomic mass is 16.4.